The zero-order valence-corrected chi connectivity index (χ0v) is 29.8. The fraction of sp³-hybridized carbons (Fsp3) is 0.690. The third-order valence-corrected chi connectivity index (χ3v) is 5.87. The molecule has 0 aromatic heterocycles. The molecule has 0 heterocycles. The molecule has 0 aliphatic carbocycles. The lowest BCUT2D eigenvalue weighted by atomic mass is 10.3. The van der Waals surface area contributed by atoms with Gasteiger partial charge in [0, 0.05) is 24.8 Å². The maximum absolute atomic E-state index is 15.0. The summed E-state index contributed by atoms with van der Waals surface area (Å²) in [6, 6.07) is 0. The first-order chi connectivity index (χ1) is 27.1. The van der Waals surface area contributed by atoms with Crippen LogP contribution >= 0.6 is 0 Å². The van der Waals surface area contributed by atoms with Crippen LogP contribution in [0, 0.1) is 0 Å². The van der Waals surface area contributed by atoms with E-state index < -0.39 is 144 Å². The predicted molar refractivity (Wildman–Crippen MR) is 155 cm³/mol. The second kappa shape index (κ2) is 23.9. The Labute approximate surface area is 324 Å². The number of carbonyl (C=O) groups excluding carboxylic acids is 3. The SMILES string of the molecule is C=CC(=O)OCC(F)(F)C(F)(F)OCCCOCCOCC(F)(COC(F)(F)C(F)(F)COC(=O)C=C)OC(F)(F)C(F)(F)CO.C=CC(=O)OCC(F)(F)C(F)(F)OF. The zero-order chi connectivity index (χ0) is 47.5. The minimum atomic E-state index is -5.97. The number of aliphatic hydroxyl groups is 1. The van der Waals surface area contributed by atoms with Gasteiger partial charge < -0.3 is 38.3 Å². The Morgan fingerprint density at radius 2 is 0.850 bits per heavy atom. The number of esters is 3. The van der Waals surface area contributed by atoms with Crippen molar-refractivity contribution in [3.63, 3.8) is 0 Å². The Balaban J connectivity index is 0. The van der Waals surface area contributed by atoms with Crippen molar-refractivity contribution in [3.05, 3.63) is 38.0 Å². The third kappa shape index (κ3) is 19.2. The normalized spacial score (nSPS) is 14.2. The van der Waals surface area contributed by atoms with Crippen molar-refractivity contribution in [1.82, 2.24) is 0 Å². The number of hydrogen-bond donors (Lipinski definition) is 1. The Kier molecular flexibility index (Phi) is 23.2. The van der Waals surface area contributed by atoms with Crippen LogP contribution in [0.3, 0.4) is 0 Å². The standard InChI is InChI=1S/C23H27F13O10.C6H5F5O3/c1-3-15(38)42-13-19(27,28)21(31,32)44-7-5-6-40-8-9-41-11-17(24,46-23(35,36)18(25,26)10-37)12-45-22(33,34)20(29,30)14-43-16(39)4-2;1-2-4(12)13-3-5(7,8)6(9,10)14-11/h3-4,37H,1-2,5-14H2;2H,1,3H2. The fourth-order valence-corrected chi connectivity index (χ4v) is 2.68. The lowest BCUT2D eigenvalue weighted by Crippen LogP contribution is -2.55. The van der Waals surface area contributed by atoms with E-state index in [1.54, 1.807) is 4.94 Å². The third-order valence-electron chi connectivity index (χ3n) is 5.87. The average molecular weight is 931 g/mol. The molecular weight excluding hydrogens is 898 g/mol. The van der Waals surface area contributed by atoms with E-state index in [1.165, 1.54) is 0 Å². The Bertz CT molecular complexity index is 1390. The largest absolute Gasteiger partial charge is 0.456 e. The summed E-state index contributed by atoms with van der Waals surface area (Å²) in [6.07, 6.45) is -21.5. The molecule has 0 aliphatic rings. The number of hydrogen-bond acceptors (Lipinski definition) is 13. The van der Waals surface area contributed by atoms with Crippen LogP contribution in [-0.2, 0) is 57.2 Å². The molecule has 0 radical (unpaired) electrons. The molecule has 1 N–H and O–H groups in total. The van der Waals surface area contributed by atoms with Crippen molar-refractivity contribution < 1.29 is 141 Å². The van der Waals surface area contributed by atoms with Gasteiger partial charge in [-0.3, -0.25) is 4.74 Å². The van der Waals surface area contributed by atoms with Crippen molar-refractivity contribution >= 4 is 17.9 Å². The molecule has 0 aliphatic heterocycles. The fourth-order valence-electron chi connectivity index (χ4n) is 2.68. The molecule has 0 fully saturated rings. The minimum absolute atomic E-state index is 0.294. The molecule has 0 amide bonds. The van der Waals surface area contributed by atoms with Crippen LogP contribution in [0.4, 0.5) is 79.2 Å². The second-order valence-electron chi connectivity index (χ2n) is 10.7. The van der Waals surface area contributed by atoms with E-state index in [1.807, 2.05) is 0 Å². The number of rotatable bonds is 30. The maximum atomic E-state index is 15.0. The lowest BCUT2D eigenvalue weighted by molar-refractivity contribution is -0.432. The summed E-state index contributed by atoms with van der Waals surface area (Å²) in [5.74, 6) is -29.8. The zero-order valence-electron chi connectivity index (χ0n) is 29.8. The summed E-state index contributed by atoms with van der Waals surface area (Å²) in [5, 5.41) is 8.40. The molecule has 0 saturated heterocycles. The molecule has 1 unspecified atom stereocenters. The van der Waals surface area contributed by atoms with Gasteiger partial charge in [-0.15, -0.1) is 4.94 Å². The molecule has 0 rings (SSSR count). The van der Waals surface area contributed by atoms with Gasteiger partial charge in [-0.05, 0) is 10.9 Å². The molecule has 60 heavy (non-hydrogen) atoms. The summed E-state index contributed by atoms with van der Waals surface area (Å²) in [7, 11) is 0. The molecule has 0 aromatic rings. The van der Waals surface area contributed by atoms with Gasteiger partial charge in [0.15, 0.2) is 19.8 Å². The first kappa shape index (κ1) is 58.2. The molecule has 0 bridgehead atoms. The van der Waals surface area contributed by atoms with Crippen molar-refractivity contribution in [2.75, 3.05) is 66.1 Å². The number of aliphatic hydroxyl groups excluding tert-OH is 1. The van der Waals surface area contributed by atoms with Gasteiger partial charge in [-0.25, -0.2) is 18.8 Å². The van der Waals surface area contributed by atoms with Crippen LogP contribution in [0.5, 0.6) is 0 Å². The Morgan fingerprint density at radius 1 is 0.467 bits per heavy atom. The first-order valence-corrected chi connectivity index (χ1v) is 15.2. The molecule has 1 atom stereocenters. The van der Waals surface area contributed by atoms with Gasteiger partial charge >= 0.3 is 66.0 Å². The van der Waals surface area contributed by atoms with E-state index >= 15 is 0 Å². The molecule has 0 spiro atoms. The number of carbonyl (C=O) groups is 3. The summed E-state index contributed by atoms with van der Waals surface area (Å²) >= 11 is 0. The van der Waals surface area contributed by atoms with Gasteiger partial charge in [0.2, 0.25) is 0 Å². The lowest BCUT2D eigenvalue weighted by Gasteiger charge is -2.34. The quantitative estimate of drug-likeness (QED) is 0.0290. The van der Waals surface area contributed by atoms with E-state index in [2.05, 4.69) is 52.9 Å². The van der Waals surface area contributed by atoms with Gasteiger partial charge in [-0.2, -0.15) is 70.2 Å². The van der Waals surface area contributed by atoms with E-state index in [0.717, 1.165) is 0 Å². The van der Waals surface area contributed by atoms with Crippen molar-refractivity contribution in [3.8, 4) is 0 Å². The Morgan fingerprint density at radius 3 is 1.23 bits per heavy atom. The highest BCUT2D eigenvalue weighted by Crippen LogP contribution is 2.42. The number of alkyl halides is 17. The van der Waals surface area contributed by atoms with Crippen LogP contribution < -0.4 is 0 Å². The minimum Gasteiger partial charge on any atom is -0.456 e. The molecule has 0 aromatic carbocycles. The van der Waals surface area contributed by atoms with E-state index in [9.17, 15) is 93.5 Å². The monoisotopic (exact) mass is 930 g/mol. The van der Waals surface area contributed by atoms with Gasteiger partial charge in [-0.1, -0.05) is 19.7 Å². The van der Waals surface area contributed by atoms with Crippen molar-refractivity contribution in [2.24, 2.45) is 0 Å². The number of ether oxygens (including phenoxy) is 8. The van der Waals surface area contributed by atoms with Crippen LogP contribution in [0.15, 0.2) is 38.0 Å². The van der Waals surface area contributed by atoms with Crippen molar-refractivity contribution in [1.29, 1.82) is 0 Å². The van der Waals surface area contributed by atoms with Crippen LogP contribution in [0.1, 0.15) is 6.42 Å². The second-order valence-corrected chi connectivity index (χ2v) is 10.7. The van der Waals surface area contributed by atoms with Crippen LogP contribution in [0.25, 0.3) is 0 Å². The smallest absolute Gasteiger partial charge is 0.452 e. The average Bonchev–Trinajstić information content (AvgIpc) is 3.16. The van der Waals surface area contributed by atoms with Crippen LogP contribution in [0.2, 0.25) is 0 Å². The van der Waals surface area contributed by atoms with Crippen molar-refractivity contribution in [2.45, 2.75) is 60.4 Å². The summed E-state index contributed by atoms with van der Waals surface area (Å²) in [6.45, 7) is -8.58. The molecular formula is C29H32F18O13. The Hall–Kier alpha value is -3.91. The highest BCUT2D eigenvalue weighted by Gasteiger charge is 2.64. The first-order valence-electron chi connectivity index (χ1n) is 15.2. The number of halogens is 18. The van der Waals surface area contributed by atoms with Gasteiger partial charge in [0.1, 0.15) is 19.8 Å². The van der Waals surface area contributed by atoms with Crippen LogP contribution in [-0.4, -0.2) is 143 Å². The van der Waals surface area contributed by atoms with Gasteiger partial charge in [0.25, 0.3) is 5.85 Å². The molecule has 31 heteroatoms. The van der Waals surface area contributed by atoms with Gasteiger partial charge in [0.05, 0.1) is 19.8 Å². The van der Waals surface area contributed by atoms with E-state index in [-0.39, 0.29) is 0 Å². The summed E-state index contributed by atoms with van der Waals surface area (Å²) in [5.41, 5.74) is 0. The van der Waals surface area contributed by atoms with E-state index in [0.29, 0.717) is 18.2 Å². The molecule has 352 valence electrons. The highest BCUT2D eigenvalue weighted by atomic mass is 19.4. The highest BCUT2D eigenvalue weighted by molar-refractivity contribution is 5.81. The topological polar surface area (TPSA) is 155 Å². The molecule has 13 nitrogen and oxygen atoms in total. The summed E-state index contributed by atoms with van der Waals surface area (Å²) < 4.78 is 268. The molecule has 0 saturated carbocycles. The van der Waals surface area contributed by atoms with E-state index in [4.69, 9.17) is 9.84 Å². The predicted octanol–water partition coefficient (Wildman–Crippen LogP) is 6.11. The maximum Gasteiger partial charge on any atom is 0.452 e. The summed E-state index contributed by atoms with van der Waals surface area (Å²) in [4.78, 5) is 33.6.